The van der Waals surface area contributed by atoms with Crippen molar-refractivity contribution in [1.82, 2.24) is 4.98 Å². The Hall–Kier alpha value is -1.25. The molecule has 0 aliphatic heterocycles. The van der Waals surface area contributed by atoms with Crippen molar-refractivity contribution in [2.45, 2.75) is 32.2 Å². The number of rotatable bonds is 4. The summed E-state index contributed by atoms with van der Waals surface area (Å²) >= 11 is 0. The Morgan fingerprint density at radius 3 is 2.79 bits per heavy atom. The zero-order valence-electron chi connectivity index (χ0n) is 8.59. The normalized spacial score (nSPS) is 16.1. The standard InChI is InChI=1S/C11H17N3/c1-2-12-10-7-4-8-11(14-10)13-9-5-3-6-9/h4,7-9H,2-3,5-6H2,1H3,(H2,12,13,14). The van der Waals surface area contributed by atoms with Crippen LogP contribution in [0.25, 0.3) is 0 Å². The van der Waals surface area contributed by atoms with Gasteiger partial charge >= 0.3 is 0 Å². The van der Waals surface area contributed by atoms with Crippen molar-refractivity contribution < 1.29 is 0 Å². The van der Waals surface area contributed by atoms with Crippen LogP contribution in [0.5, 0.6) is 0 Å². The van der Waals surface area contributed by atoms with E-state index in [2.05, 4.69) is 22.5 Å². The Labute approximate surface area is 84.9 Å². The summed E-state index contributed by atoms with van der Waals surface area (Å²) in [6.07, 6.45) is 3.92. The van der Waals surface area contributed by atoms with Crippen LogP contribution in [0.2, 0.25) is 0 Å². The first-order valence-corrected chi connectivity index (χ1v) is 5.36. The van der Waals surface area contributed by atoms with Gasteiger partial charge in [-0.1, -0.05) is 6.07 Å². The molecule has 2 N–H and O–H groups in total. The number of anilines is 2. The van der Waals surface area contributed by atoms with Crippen molar-refractivity contribution in [3.05, 3.63) is 18.2 Å². The minimum atomic E-state index is 0.652. The second kappa shape index (κ2) is 4.31. The Kier molecular flexibility index (Phi) is 2.87. The molecule has 1 saturated carbocycles. The van der Waals surface area contributed by atoms with Crippen LogP contribution in [0, 0.1) is 0 Å². The SMILES string of the molecule is CCNc1cccc(NC2CCC2)n1. The molecule has 0 bridgehead atoms. The maximum atomic E-state index is 4.46. The quantitative estimate of drug-likeness (QED) is 0.767. The van der Waals surface area contributed by atoms with Gasteiger partial charge in [-0.05, 0) is 38.3 Å². The average Bonchev–Trinajstić information content (AvgIpc) is 2.13. The Morgan fingerprint density at radius 2 is 2.14 bits per heavy atom. The fourth-order valence-corrected chi connectivity index (χ4v) is 1.56. The molecular formula is C11H17N3. The summed E-state index contributed by atoms with van der Waals surface area (Å²) in [6, 6.07) is 6.71. The molecule has 3 heteroatoms. The highest BCUT2D eigenvalue weighted by Crippen LogP contribution is 2.22. The number of nitrogens with zero attached hydrogens (tertiary/aromatic N) is 1. The number of hydrogen-bond donors (Lipinski definition) is 2. The highest BCUT2D eigenvalue weighted by Gasteiger charge is 2.16. The zero-order chi connectivity index (χ0) is 9.80. The lowest BCUT2D eigenvalue weighted by Gasteiger charge is -2.27. The molecule has 14 heavy (non-hydrogen) atoms. The number of nitrogens with one attached hydrogen (secondary N) is 2. The molecule has 1 aliphatic rings. The molecule has 0 amide bonds. The van der Waals surface area contributed by atoms with Crippen LogP contribution < -0.4 is 10.6 Å². The molecular weight excluding hydrogens is 174 g/mol. The van der Waals surface area contributed by atoms with Gasteiger partial charge in [0.2, 0.25) is 0 Å². The minimum Gasteiger partial charge on any atom is -0.370 e. The molecule has 0 unspecified atom stereocenters. The molecule has 1 aromatic rings. The van der Waals surface area contributed by atoms with Gasteiger partial charge in [-0.25, -0.2) is 4.98 Å². The second-order valence-corrected chi connectivity index (χ2v) is 3.71. The van der Waals surface area contributed by atoms with Gasteiger partial charge in [0, 0.05) is 12.6 Å². The van der Waals surface area contributed by atoms with Crippen molar-refractivity contribution in [2.75, 3.05) is 17.2 Å². The molecule has 1 fully saturated rings. The maximum Gasteiger partial charge on any atom is 0.128 e. The fourth-order valence-electron chi connectivity index (χ4n) is 1.56. The van der Waals surface area contributed by atoms with Gasteiger partial charge in [0.05, 0.1) is 0 Å². The van der Waals surface area contributed by atoms with Crippen LogP contribution in [-0.4, -0.2) is 17.6 Å². The molecule has 0 atom stereocenters. The average molecular weight is 191 g/mol. The van der Waals surface area contributed by atoms with Gasteiger partial charge < -0.3 is 10.6 Å². The first-order valence-electron chi connectivity index (χ1n) is 5.36. The number of hydrogen-bond acceptors (Lipinski definition) is 3. The fraction of sp³-hybridized carbons (Fsp3) is 0.545. The Bertz CT molecular complexity index is 294. The molecule has 2 rings (SSSR count). The van der Waals surface area contributed by atoms with Gasteiger partial charge in [0.15, 0.2) is 0 Å². The summed E-state index contributed by atoms with van der Waals surface area (Å²) in [6.45, 7) is 2.99. The monoisotopic (exact) mass is 191 g/mol. The van der Waals surface area contributed by atoms with E-state index in [0.29, 0.717) is 6.04 Å². The van der Waals surface area contributed by atoms with Crippen LogP contribution in [0.4, 0.5) is 11.6 Å². The lowest BCUT2D eigenvalue weighted by molar-refractivity contribution is 0.444. The molecule has 76 valence electrons. The Morgan fingerprint density at radius 1 is 1.36 bits per heavy atom. The van der Waals surface area contributed by atoms with E-state index in [9.17, 15) is 0 Å². The topological polar surface area (TPSA) is 37.0 Å². The third-order valence-corrected chi connectivity index (χ3v) is 2.56. The van der Waals surface area contributed by atoms with Gasteiger partial charge in [-0.3, -0.25) is 0 Å². The van der Waals surface area contributed by atoms with Gasteiger partial charge in [0.25, 0.3) is 0 Å². The molecule has 0 saturated heterocycles. The molecule has 1 heterocycles. The highest BCUT2D eigenvalue weighted by molar-refractivity contribution is 5.45. The van der Waals surface area contributed by atoms with Gasteiger partial charge in [-0.2, -0.15) is 0 Å². The molecule has 1 aromatic heterocycles. The summed E-state index contributed by atoms with van der Waals surface area (Å²) in [5.41, 5.74) is 0. The summed E-state index contributed by atoms with van der Waals surface area (Å²) < 4.78 is 0. The number of pyridine rings is 1. The molecule has 1 aliphatic carbocycles. The second-order valence-electron chi connectivity index (χ2n) is 3.71. The van der Waals surface area contributed by atoms with Gasteiger partial charge in [-0.15, -0.1) is 0 Å². The minimum absolute atomic E-state index is 0.652. The smallest absolute Gasteiger partial charge is 0.128 e. The van der Waals surface area contributed by atoms with Crippen molar-refractivity contribution in [1.29, 1.82) is 0 Å². The predicted octanol–water partition coefficient (Wildman–Crippen LogP) is 2.48. The lowest BCUT2D eigenvalue weighted by atomic mass is 9.93. The van der Waals surface area contributed by atoms with E-state index >= 15 is 0 Å². The van der Waals surface area contributed by atoms with Gasteiger partial charge in [0.1, 0.15) is 11.6 Å². The van der Waals surface area contributed by atoms with Crippen molar-refractivity contribution >= 4 is 11.6 Å². The third-order valence-electron chi connectivity index (χ3n) is 2.56. The molecule has 0 aromatic carbocycles. The Balaban J connectivity index is 1.97. The summed E-state index contributed by atoms with van der Waals surface area (Å²) in [4.78, 5) is 4.46. The lowest BCUT2D eigenvalue weighted by Crippen LogP contribution is -2.27. The summed E-state index contributed by atoms with van der Waals surface area (Å²) in [7, 11) is 0. The van der Waals surface area contributed by atoms with E-state index in [0.717, 1.165) is 18.2 Å². The van der Waals surface area contributed by atoms with Crippen molar-refractivity contribution in [3.8, 4) is 0 Å². The van der Waals surface area contributed by atoms with E-state index in [1.165, 1.54) is 19.3 Å². The van der Waals surface area contributed by atoms with Crippen LogP contribution >= 0.6 is 0 Å². The molecule has 0 radical (unpaired) electrons. The molecule has 0 spiro atoms. The zero-order valence-corrected chi connectivity index (χ0v) is 8.59. The van der Waals surface area contributed by atoms with Crippen LogP contribution in [0.1, 0.15) is 26.2 Å². The first-order chi connectivity index (χ1) is 6.88. The van der Waals surface area contributed by atoms with Crippen LogP contribution in [0.15, 0.2) is 18.2 Å². The van der Waals surface area contributed by atoms with E-state index in [-0.39, 0.29) is 0 Å². The summed E-state index contributed by atoms with van der Waals surface area (Å²) in [5.74, 6) is 1.95. The maximum absolute atomic E-state index is 4.46. The van der Waals surface area contributed by atoms with Crippen LogP contribution in [-0.2, 0) is 0 Å². The van der Waals surface area contributed by atoms with Crippen molar-refractivity contribution in [3.63, 3.8) is 0 Å². The van der Waals surface area contributed by atoms with E-state index < -0.39 is 0 Å². The number of aromatic nitrogens is 1. The van der Waals surface area contributed by atoms with Crippen molar-refractivity contribution in [2.24, 2.45) is 0 Å². The van der Waals surface area contributed by atoms with E-state index in [1.807, 2.05) is 18.2 Å². The first kappa shape index (κ1) is 9.31. The largest absolute Gasteiger partial charge is 0.370 e. The van der Waals surface area contributed by atoms with E-state index in [1.54, 1.807) is 0 Å². The van der Waals surface area contributed by atoms with E-state index in [4.69, 9.17) is 0 Å². The highest BCUT2D eigenvalue weighted by atomic mass is 15.1. The third kappa shape index (κ3) is 2.16. The molecule has 3 nitrogen and oxygen atoms in total. The summed E-state index contributed by atoms with van der Waals surface area (Å²) in [5, 5.41) is 6.63. The van der Waals surface area contributed by atoms with Crippen LogP contribution in [0.3, 0.4) is 0 Å². The predicted molar refractivity (Wildman–Crippen MR) is 59.7 cm³/mol.